The second-order valence-corrected chi connectivity index (χ2v) is 4.33. The number of hydrogen-bond donors (Lipinski definition) is 0. The number of benzene rings is 1. The summed E-state index contributed by atoms with van der Waals surface area (Å²) in [5.41, 5.74) is 0. The Bertz CT molecular complexity index is 369. The third-order valence-electron chi connectivity index (χ3n) is 2.01. The molecule has 1 aromatic carbocycles. The lowest BCUT2D eigenvalue weighted by molar-refractivity contribution is 0.268. The molecule has 1 unspecified atom stereocenters. The van der Waals surface area contributed by atoms with Crippen molar-refractivity contribution in [1.29, 1.82) is 0 Å². The fourth-order valence-corrected chi connectivity index (χ4v) is 1.59. The third kappa shape index (κ3) is 4.67. The number of rotatable bonds is 5. The molecule has 0 heterocycles. The molecule has 0 amide bonds. The average Bonchev–Trinajstić information content (AvgIpc) is 2.28. The van der Waals surface area contributed by atoms with E-state index in [1.54, 1.807) is 0 Å². The van der Waals surface area contributed by atoms with E-state index in [-0.39, 0.29) is 6.10 Å². The first-order valence-corrected chi connectivity index (χ1v) is 6.28. The normalized spacial score (nSPS) is 13.4. The molecular formula is C14H17BrO. The van der Waals surface area contributed by atoms with Crippen LogP contribution in [0.3, 0.4) is 0 Å². The predicted octanol–water partition coefficient (Wildman–Crippen LogP) is 4.74. The largest absolute Gasteiger partial charge is 0.485 e. The molecule has 0 saturated heterocycles. The van der Waals surface area contributed by atoms with E-state index in [1.165, 1.54) is 0 Å². The van der Waals surface area contributed by atoms with Crippen molar-refractivity contribution in [2.45, 2.75) is 26.4 Å². The smallest absolute Gasteiger partial charge is 0.134 e. The molecule has 1 aromatic rings. The van der Waals surface area contributed by atoms with E-state index in [2.05, 4.69) is 28.9 Å². The highest BCUT2D eigenvalue weighted by Crippen LogP contribution is 2.24. The van der Waals surface area contributed by atoms with Gasteiger partial charge in [0, 0.05) is 0 Å². The Hall–Kier alpha value is -1.02. The molecule has 0 radical (unpaired) electrons. The first-order valence-electron chi connectivity index (χ1n) is 5.48. The topological polar surface area (TPSA) is 9.23 Å². The fraction of sp³-hybridized carbons (Fsp3) is 0.286. The van der Waals surface area contributed by atoms with Gasteiger partial charge in [0.05, 0.1) is 4.47 Å². The van der Waals surface area contributed by atoms with Crippen molar-refractivity contribution in [3.05, 3.63) is 53.0 Å². The minimum atomic E-state index is 0.0696. The summed E-state index contributed by atoms with van der Waals surface area (Å²) in [6.45, 7) is 4.14. The fourth-order valence-electron chi connectivity index (χ4n) is 1.22. The van der Waals surface area contributed by atoms with E-state index in [9.17, 15) is 0 Å². The van der Waals surface area contributed by atoms with Gasteiger partial charge in [-0.2, -0.15) is 0 Å². The van der Waals surface area contributed by atoms with Crippen molar-refractivity contribution in [1.82, 2.24) is 0 Å². The Balaban J connectivity index is 2.51. The molecule has 0 N–H and O–H groups in total. The highest BCUT2D eigenvalue weighted by molar-refractivity contribution is 9.10. The van der Waals surface area contributed by atoms with Crippen molar-refractivity contribution in [3.63, 3.8) is 0 Å². The summed E-state index contributed by atoms with van der Waals surface area (Å²) < 4.78 is 6.74. The molecule has 1 rings (SSSR count). The highest BCUT2D eigenvalue weighted by Gasteiger charge is 2.02. The lowest BCUT2D eigenvalue weighted by Crippen LogP contribution is -2.07. The number of hydrogen-bond acceptors (Lipinski definition) is 1. The summed E-state index contributed by atoms with van der Waals surface area (Å²) in [4.78, 5) is 0. The van der Waals surface area contributed by atoms with E-state index >= 15 is 0 Å². The maximum atomic E-state index is 5.76. The quantitative estimate of drug-likeness (QED) is 0.708. The summed E-state index contributed by atoms with van der Waals surface area (Å²) in [6.07, 6.45) is 9.34. The zero-order chi connectivity index (χ0) is 11.8. The third-order valence-corrected chi connectivity index (χ3v) is 2.67. The van der Waals surface area contributed by atoms with Crippen molar-refractivity contribution < 1.29 is 4.74 Å². The Kier molecular flexibility index (Phi) is 5.94. The van der Waals surface area contributed by atoms with Gasteiger partial charge >= 0.3 is 0 Å². The molecule has 0 aliphatic heterocycles. The second kappa shape index (κ2) is 7.29. The van der Waals surface area contributed by atoms with Crippen molar-refractivity contribution in [2.75, 3.05) is 0 Å². The molecule has 0 aliphatic rings. The lowest BCUT2D eigenvalue weighted by atomic mass is 10.3. The molecule has 0 aliphatic carbocycles. The van der Waals surface area contributed by atoms with Crippen LogP contribution in [0.4, 0.5) is 0 Å². The molecule has 86 valence electrons. The SMILES string of the molecule is CC/C=C\C=C/C(C)Oc1ccccc1Br. The molecule has 16 heavy (non-hydrogen) atoms. The molecular weight excluding hydrogens is 264 g/mol. The van der Waals surface area contributed by atoms with E-state index in [1.807, 2.05) is 49.4 Å². The standard InChI is InChI=1S/C14H17BrO/c1-3-4-5-6-9-12(2)16-14-11-8-7-10-13(14)15/h4-12H,3H2,1-2H3/b5-4-,9-6-. The summed E-state index contributed by atoms with van der Waals surface area (Å²) in [5.74, 6) is 0.874. The van der Waals surface area contributed by atoms with Crippen LogP contribution in [0, 0.1) is 0 Å². The van der Waals surface area contributed by atoms with E-state index < -0.39 is 0 Å². The molecule has 2 heteroatoms. The monoisotopic (exact) mass is 280 g/mol. The summed E-state index contributed by atoms with van der Waals surface area (Å²) in [7, 11) is 0. The second-order valence-electron chi connectivity index (χ2n) is 3.47. The van der Waals surface area contributed by atoms with Gasteiger partial charge in [0.2, 0.25) is 0 Å². The van der Waals surface area contributed by atoms with Gasteiger partial charge in [-0.05, 0) is 47.5 Å². The molecule has 0 spiro atoms. The average molecular weight is 281 g/mol. The zero-order valence-corrected chi connectivity index (χ0v) is 11.3. The van der Waals surface area contributed by atoms with Crippen LogP contribution < -0.4 is 4.74 Å². The van der Waals surface area contributed by atoms with Crippen LogP contribution in [-0.4, -0.2) is 6.10 Å². The summed E-state index contributed by atoms with van der Waals surface area (Å²) in [5, 5.41) is 0. The molecule has 1 nitrogen and oxygen atoms in total. The van der Waals surface area contributed by atoms with E-state index in [4.69, 9.17) is 4.74 Å². The Morgan fingerprint density at radius 3 is 2.75 bits per heavy atom. The van der Waals surface area contributed by atoms with Gasteiger partial charge in [-0.25, -0.2) is 0 Å². The molecule has 1 atom stereocenters. The molecule has 0 fully saturated rings. The van der Waals surface area contributed by atoms with Gasteiger partial charge < -0.3 is 4.74 Å². The maximum Gasteiger partial charge on any atom is 0.134 e. The Morgan fingerprint density at radius 2 is 2.06 bits per heavy atom. The van der Waals surface area contributed by atoms with Crippen LogP contribution in [0.15, 0.2) is 53.0 Å². The molecule has 0 aromatic heterocycles. The number of allylic oxidation sites excluding steroid dienone is 3. The van der Waals surface area contributed by atoms with E-state index in [0.29, 0.717) is 0 Å². The van der Waals surface area contributed by atoms with Crippen molar-refractivity contribution in [2.24, 2.45) is 0 Å². The first-order chi connectivity index (χ1) is 7.74. The van der Waals surface area contributed by atoms with Gasteiger partial charge in [0.15, 0.2) is 0 Å². The Morgan fingerprint density at radius 1 is 1.31 bits per heavy atom. The Labute approximate surface area is 106 Å². The van der Waals surface area contributed by atoms with Crippen LogP contribution >= 0.6 is 15.9 Å². The summed E-state index contributed by atoms with van der Waals surface area (Å²) in [6, 6.07) is 7.87. The summed E-state index contributed by atoms with van der Waals surface area (Å²) >= 11 is 3.45. The van der Waals surface area contributed by atoms with Crippen molar-refractivity contribution >= 4 is 15.9 Å². The minimum Gasteiger partial charge on any atom is -0.485 e. The van der Waals surface area contributed by atoms with Crippen LogP contribution in [0.1, 0.15) is 20.3 Å². The lowest BCUT2D eigenvalue weighted by Gasteiger charge is -2.11. The minimum absolute atomic E-state index is 0.0696. The molecule has 0 saturated carbocycles. The number of ether oxygens (including phenoxy) is 1. The van der Waals surface area contributed by atoms with Gasteiger partial charge in [-0.1, -0.05) is 37.3 Å². The molecule has 0 bridgehead atoms. The van der Waals surface area contributed by atoms with Gasteiger partial charge in [-0.15, -0.1) is 0 Å². The maximum absolute atomic E-state index is 5.76. The van der Waals surface area contributed by atoms with E-state index in [0.717, 1.165) is 16.6 Å². The van der Waals surface area contributed by atoms with Crippen LogP contribution in [0.2, 0.25) is 0 Å². The van der Waals surface area contributed by atoms with Gasteiger partial charge in [-0.3, -0.25) is 0 Å². The van der Waals surface area contributed by atoms with Crippen molar-refractivity contribution in [3.8, 4) is 5.75 Å². The highest BCUT2D eigenvalue weighted by atomic mass is 79.9. The van der Waals surface area contributed by atoms with Gasteiger partial charge in [0.1, 0.15) is 11.9 Å². The van der Waals surface area contributed by atoms with Crippen LogP contribution in [0.5, 0.6) is 5.75 Å². The predicted molar refractivity (Wildman–Crippen MR) is 72.8 cm³/mol. The van der Waals surface area contributed by atoms with Crippen LogP contribution in [0.25, 0.3) is 0 Å². The number of halogens is 1. The van der Waals surface area contributed by atoms with Crippen LogP contribution in [-0.2, 0) is 0 Å². The number of para-hydroxylation sites is 1. The van der Waals surface area contributed by atoms with Gasteiger partial charge in [0.25, 0.3) is 0 Å². The first kappa shape index (κ1) is 13.0. The zero-order valence-electron chi connectivity index (χ0n) is 9.69.